The van der Waals surface area contributed by atoms with Gasteiger partial charge in [-0.1, -0.05) is 41.7 Å². The van der Waals surface area contributed by atoms with Gasteiger partial charge < -0.3 is 4.57 Å². The number of sulfone groups is 1. The van der Waals surface area contributed by atoms with E-state index in [2.05, 4.69) is 4.99 Å². The highest BCUT2D eigenvalue weighted by atomic mass is 32.2. The van der Waals surface area contributed by atoms with Gasteiger partial charge in [0.05, 0.1) is 20.9 Å². The van der Waals surface area contributed by atoms with E-state index in [4.69, 9.17) is 0 Å². The van der Waals surface area contributed by atoms with Crippen LogP contribution in [0.25, 0.3) is 21.0 Å². The molecule has 0 fully saturated rings. The van der Waals surface area contributed by atoms with E-state index in [-0.39, 0.29) is 29.4 Å². The molecular formula is C22H19FN2O3S2. The van der Waals surface area contributed by atoms with Crippen LogP contribution in [-0.4, -0.2) is 24.6 Å². The number of nitrogens with zero attached hydrogens (tertiary/aromatic N) is 2. The summed E-state index contributed by atoms with van der Waals surface area (Å²) < 4.78 is 40.5. The van der Waals surface area contributed by atoms with E-state index >= 15 is 0 Å². The van der Waals surface area contributed by atoms with Crippen LogP contribution in [0, 0.1) is 5.82 Å². The van der Waals surface area contributed by atoms with Gasteiger partial charge in [0.25, 0.3) is 0 Å². The molecule has 0 radical (unpaired) electrons. The Morgan fingerprint density at radius 3 is 2.57 bits per heavy atom. The van der Waals surface area contributed by atoms with Crippen molar-refractivity contribution in [1.29, 1.82) is 0 Å². The lowest BCUT2D eigenvalue weighted by Crippen LogP contribution is -2.14. The number of aryl methyl sites for hydroxylation is 1. The Morgan fingerprint density at radius 1 is 1.07 bits per heavy atom. The summed E-state index contributed by atoms with van der Waals surface area (Å²) in [7, 11) is -1.69. The van der Waals surface area contributed by atoms with Crippen molar-refractivity contribution in [3.05, 3.63) is 71.3 Å². The Balaban J connectivity index is 1.52. The van der Waals surface area contributed by atoms with Gasteiger partial charge >= 0.3 is 0 Å². The van der Waals surface area contributed by atoms with Gasteiger partial charge in [0, 0.05) is 18.9 Å². The molecule has 0 N–H and O–H groups in total. The maximum atomic E-state index is 13.0. The number of aromatic nitrogens is 1. The lowest BCUT2D eigenvalue weighted by Gasteiger charge is -2.03. The highest BCUT2D eigenvalue weighted by Gasteiger charge is 2.15. The summed E-state index contributed by atoms with van der Waals surface area (Å²) in [5.74, 6) is -1.05. The van der Waals surface area contributed by atoms with Crippen LogP contribution in [-0.2, 0) is 21.7 Å². The van der Waals surface area contributed by atoms with E-state index in [9.17, 15) is 17.6 Å². The van der Waals surface area contributed by atoms with Crippen LogP contribution in [0.4, 0.5) is 4.39 Å². The molecule has 0 atom stereocenters. The van der Waals surface area contributed by atoms with Gasteiger partial charge in [-0.3, -0.25) is 4.79 Å². The Hall–Kier alpha value is -2.84. The highest BCUT2D eigenvalue weighted by Crippen LogP contribution is 2.26. The van der Waals surface area contributed by atoms with E-state index < -0.39 is 15.7 Å². The molecule has 1 aromatic heterocycles. The molecule has 8 heteroatoms. The number of carbonyl (C=O) groups is 1. The molecule has 4 rings (SSSR count). The lowest BCUT2D eigenvalue weighted by molar-refractivity contribution is -0.118. The molecule has 0 aliphatic rings. The molecule has 1 amide bonds. The molecule has 3 aromatic carbocycles. The van der Waals surface area contributed by atoms with Crippen LogP contribution in [0.5, 0.6) is 0 Å². The third-order valence-electron chi connectivity index (χ3n) is 4.88. The summed E-state index contributed by atoms with van der Waals surface area (Å²) in [5, 5.41) is 2.20. The summed E-state index contributed by atoms with van der Waals surface area (Å²) >= 11 is 1.43. The predicted molar refractivity (Wildman–Crippen MR) is 117 cm³/mol. The van der Waals surface area contributed by atoms with Crippen LogP contribution in [0.1, 0.15) is 12.8 Å². The van der Waals surface area contributed by atoms with Gasteiger partial charge in [-0.25, -0.2) is 12.8 Å². The van der Waals surface area contributed by atoms with Crippen LogP contribution in [0.3, 0.4) is 0 Å². The summed E-state index contributed by atoms with van der Waals surface area (Å²) in [6, 6.07) is 16.8. The first-order chi connectivity index (χ1) is 14.3. The van der Waals surface area contributed by atoms with Gasteiger partial charge in [0.1, 0.15) is 5.82 Å². The first-order valence-electron chi connectivity index (χ1n) is 9.38. The molecular weight excluding hydrogens is 423 g/mol. The van der Waals surface area contributed by atoms with Crippen LogP contribution in [0.15, 0.2) is 70.6 Å². The van der Waals surface area contributed by atoms with Gasteiger partial charge in [0.2, 0.25) is 5.91 Å². The maximum Gasteiger partial charge on any atom is 0.248 e. The number of thiazole rings is 1. The highest BCUT2D eigenvalue weighted by molar-refractivity contribution is 7.91. The third-order valence-corrected chi connectivity index (χ3v) is 7.80. The van der Waals surface area contributed by atoms with Gasteiger partial charge in [-0.05, 0) is 42.1 Å². The van der Waals surface area contributed by atoms with Gasteiger partial charge in [0.15, 0.2) is 14.6 Å². The second-order valence-corrected chi connectivity index (χ2v) is 10.1. The zero-order valence-electron chi connectivity index (χ0n) is 16.2. The van der Waals surface area contributed by atoms with E-state index in [1.807, 2.05) is 48.0 Å². The van der Waals surface area contributed by atoms with Crippen molar-refractivity contribution in [2.45, 2.75) is 17.7 Å². The number of hydrogen-bond donors (Lipinski definition) is 0. The minimum Gasteiger partial charge on any atom is -0.319 e. The minimum atomic E-state index is -3.56. The molecule has 0 saturated heterocycles. The number of fused-ring (bicyclic) bond motifs is 3. The largest absolute Gasteiger partial charge is 0.319 e. The molecule has 0 aliphatic carbocycles. The normalized spacial score (nSPS) is 12.7. The Labute approximate surface area is 177 Å². The average Bonchev–Trinajstić information content (AvgIpc) is 3.04. The molecule has 0 bridgehead atoms. The van der Waals surface area contributed by atoms with Crippen molar-refractivity contribution >= 4 is 48.1 Å². The molecule has 0 aliphatic heterocycles. The topological polar surface area (TPSA) is 68.5 Å². The molecule has 30 heavy (non-hydrogen) atoms. The first-order valence-corrected chi connectivity index (χ1v) is 11.9. The first kappa shape index (κ1) is 20.4. The standard InChI is InChI=1S/C22H19FN2O3S2/c1-25-21-18-6-3-2-5-15(18)8-13-19(21)29-22(25)24-20(26)7-4-14-30(27,28)17-11-9-16(23)10-12-17/h2-3,5-6,8-13H,4,7,14H2,1H3. The number of hydrogen-bond acceptors (Lipinski definition) is 4. The Kier molecular flexibility index (Phi) is 5.53. The van der Waals surface area contributed by atoms with E-state index in [0.29, 0.717) is 4.80 Å². The number of amides is 1. The van der Waals surface area contributed by atoms with Crippen molar-refractivity contribution < 1.29 is 17.6 Å². The van der Waals surface area contributed by atoms with Crippen molar-refractivity contribution in [3.8, 4) is 0 Å². The Bertz CT molecular complexity index is 1420. The monoisotopic (exact) mass is 442 g/mol. The summed E-state index contributed by atoms with van der Waals surface area (Å²) in [6.45, 7) is 0. The van der Waals surface area contributed by atoms with Crippen molar-refractivity contribution in [3.63, 3.8) is 0 Å². The van der Waals surface area contributed by atoms with E-state index in [1.54, 1.807) is 0 Å². The number of halogens is 1. The summed E-state index contributed by atoms with van der Waals surface area (Å²) in [6.07, 6.45) is 0.176. The second kappa shape index (κ2) is 8.12. The molecule has 0 unspecified atom stereocenters. The lowest BCUT2D eigenvalue weighted by atomic mass is 10.1. The third kappa shape index (κ3) is 4.06. The van der Waals surface area contributed by atoms with Crippen LogP contribution < -0.4 is 4.80 Å². The number of rotatable bonds is 5. The van der Waals surface area contributed by atoms with Gasteiger partial charge in [-0.15, -0.1) is 0 Å². The smallest absolute Gasteiger partial charge is 0.248 e. The molecule has 1 heterocycles. The van der Waals surface area contributed by atoms with E-state index in [0.717, 1.165) is 33.1 Å². The average molecular weight is 443 g/mol. The molecule has 5 nitrogen and oxygen atoms in total. The summed E-state index contributed by atoms with van der Waals surface area (Å²) in [5.41, 5.74) is 1.02. The molecule has 0 saturated carbocycles. The SMILES string of the molecule is Cn1c(=NC(=O)CCCS(=O)(=O)c2ccc(F)cc2)sc2ccc3ccccc3c21. The maximum absolute atomic E-state index is 13.0. The van der Waals surface area contributed by atoms with Crippen LogP contribution in [0.2, 0.25) is 0 Å². The quantitative estimate of drug-likeness (QED) is 0.435. The van der Waals surface area contributed by atoms with Crippen LogP contribution >= 0.6 is 11.3 Å². The Morgan fingerprint density at radius 2 is 1.80 bits per heavy atom. The predicted octanol–water partition coefficient (Wildman–Crippen LogP) is 4.21. The zero-order valence-corrected chi connectivity index (χ0v) is 17.8. The molecule has 154 valence electrons. The number of benzene rings is 3. The van der Waals surface area contributed by atoms with Crippen molar-refractivity contribution in [2.24, 2.45) is 12.0 Å². The summed E-state index contributed by atoms with van der Waals surface area (Å²) in [4.78, 5) is 17.2. The molecule has 4 aromatic rings. The van der Waals surface area contributed by atoms with Crippen molar-refractivity contribution in [1.82, 2.24) is 4.57 Å². The van der Waals surface area contributed by atoms with Gasteiger partial charge in [-0.2, -0.15) is 4.99 Å². The molecule has 0 spiro atoms. The fraction of sp³-hybridized carbons (Fsp3) is 0.182. The fourth-order valence-electron chi connectivity index (χ4n) is 3.36. The fourth-order valence-corrected chi connectivity index (χ4v) is 5.72. The minimum absolute atomic E-state index is 0.0232. The zero-order chi connectivity index (χ0) is 21.3. The van der Waals surface area contributed by atoms with Crippen molar-refractivity contribution in [2.75, 3.05) is 5.75 Å². The second-order valence-electron chi connectivity index (χ2n) is 6.96. The number of carbonyl (C=O) groups excluding carboxylic acids is 1. The van der Waals surface area contributed by atoms with E-state index in [1.165, 1.54) is 23.5 Å².